The number of benzene rings is 1. The van der Waals surface area contributed by atoms with E-state index >= 15 is 0 Å². The first-order valence-electron chi connectivity index (χ1n) is 5.65. The summed E-state index contributed by atoms with van der Waals surface area (Å²) >= 11 is 0. The van der Waals surface area contributed by atoms with Gasteiger partial charge in [0, 0.05) is 12.7 Å². The molecule has 3 N–H and O–H groups in total. The molecule has 1 aromatic rings. The summed E-state index contributed by atoms with van der Waals surface area (Å²) in [6, 6.07) is 6.22. The molecule has 2 atom stereocenters. The summed E-state index contributed by atoms with van der Waals surface area (Å²) in [7, 11) is 1.61. The van der Waals surface area contributed by atoms with Crippen LogP contribution in [0.15, 0.2) is 24.3 Å². The number of hydrogen-bond donors (Lipinski definition) is 2. The van der Waals surface area contributed by atoms with E-state index < -0.39 is 0 Å². The molecule has 0 aliphatic heterocycles. The summed E-state index contributed by atoms with van der Waals surface area (Å²) in [6.45, 7) is 6.10. The van der Waals surface area contributed by atoms with Crippen LogP contribution in [0.4, 0.5) is 4.39 Å². The Balaban J connectivity index is 3.10. The zero-order valence-electron chi connectivity index (χ0n) is 10.8. The van der Waals surface area contributed by atoms with Crippen molar-refractivity contribution in [3.05, 3.63) is 35.6 Å². The van der Waals surface area contributed by atoms with Crippen molar-refractivity contribution in [2.45, 2.75) is 32.9 Å². The molecule has 0 radical (unpaired) electrons. The van der Waals surface area contributed by atoms with Crippen molar-refractivity contribution in [1.82, 2.24) is 5.43 Å². The fraction of sp³-hybridized carbons (Fsp3) is 0.538. The van der Waals surface area contributed by atoms with Crippen LogP contribution in [-0.2, 0) is 4.74 Å². The average molecular weight is 240 g/mol. The number of methoxy groups -OCH3 is 1. The van der Waals surface area contributed by atoms with Crippen LogP contribution in [0, 0.1) is 11.2 Å². The van der Waals surface area contributed by atoms with Crippen molar-refractivity contribution in [3.63, 3.8) is 0 Å². The maximum atomic E-state index is 13.8. The highest BCUT2D eigenvalue weighted by Gasteiger charge is 2.34. The van der Waals surface area contributed by atoms with Crippen LogP contribution in [0.1, 0.15) is 32.4 Å². The lowest BCUT2D eigenvalue weighted by Crippen LogP contribution is -2.44. The predicted octanol–water partition coefficient (Wildman–Crippen LogP) is 2.39. The standard InChI is InChI=1S/C13H21FN2O/c1-13(2,3)12(17-4)11(16-15)9-7-5-6-8-10(9)14/h5-8,11-12,16H,15H2,1-4H3. The molecule has 96 valence electrons. The summed E-state index contributed by atoms with van der Waals surface area (Å²) in [4.78, 5) is 0. The lowest BCUT2D eigenvalue weighted by Gasteiger charge is -2.35. The predicted molar refractivity (Wildman–Crippen MR) is 66.7 cm³/mol. The second-order valence-electron chi connectivity index (χ2n) is 5.19. The molecule has 0 bridgehead atoms. The Hall–Kier alpha value is -0.970. The highest BCUT2D eigenvalue weighted by Crippen LogP contribution is 2.32. The van der Waals surface area contributed by atoms with Crippen molar-refractivity contribution in [2.75, 3.05) is 7.11 Å². The van der Waals surface area contributed by atoms with Crippen molar-refractivity contribution < 1.29 is 9.13 Å². The van der Waals surface area contributed by atoms with E-state index in [0.29, 0.717) is 5.56 Å². The Morgan fingerprint density at radius 1 is 1.29 bits per heavy atom. The fourth-order valence-corrected chi connectivity index (χ4v) is 2.06. The highest BCUT2D eigenvalue weighted by molar-refractivity contribution is 5.22. The summed E-state index contributed by atoms with van der Waals surface area (Å²) < 4.78 is 19.2. The second-order valence-corrected chi connectivity index (χ2v) is 5.19. The van der Waals surface area contributed by atoms with E-state index in [2.05, 4.69) is 5.43 Å². The van der Waals surface area contributed by atoms with Gasteiger partial charge in [0.1, 0.15) is 5.82 Å². The number of rotatable bonds is 4. The van der Waals surface area contributed by atoms with E-state index in [-0.39, 0.29) is 23.4 Å². The van der Waals surface area contributed by atoms with E-state index in [4.69, 9.17) is 10.6 Å². The van der Waals surface area contributed by atoms with Gasteiger partial charge in [-0.15, -0.1) is 0 Å². The summed E-state index contributed by atoms with van der Waals surface area (Å²) in [6.07, 6.45) is -0.218. The summed E-state index contributed by atoms with van der Waals surface area (Å²) in [5, 5.41) is 0. The fourth-order valence-electron chi connectivity index (χ4n) is 2.06. The van der Waals surface area contributed by atoms with Gasteiger partial charge < -0.3 is 4.74 Å². The molecule has 1 rings (SSSR count). The zero-order chi connectivity index (χ0) is 13.1. The van der Waals surface area contributed by atoms with Crippen molar-refractivity contribution in [1.29, 1.82) is 0 Å². The molecular formula is C13H21FN2O. The molecule has 0 fully saturated rings. The number of hydrazine groups is 1. The van der Waals surface area contributed by atoms with E-state index in [9.17, 15) is 4.39 Å². The smallest absolute Gasteiger partial charge is 0.128 e. The van der Waals surface area contributed by atoms with Gasteiger partial charge >= 0.3 is 0 Å². The SMILES string of the molecule is COC(C(NN)c1ccccc1F)C(C)(C)C. The van der Waals surface area contributed by atoms with Gasteiger partial charge in [-0.25, -0.2) is 4.39 Å². The molecule has 2 unspecified atom stereocenters. The lowest BCUT2D eigenvalue weighted by atomic mass is 9.82. The van der Waals surface area contributed by atoms with Crippen LogP contribution in [0.25, 0.3) is 0 Å². The molecule has 0 aromatic heterocycles. The van der Waals surface area contributed by atoms with E-state index in [0.717, 1.165) is 0 Å². The van der Waals surface area contributed by atoms with Gasteiger partial charge in [-0.05, 0) is 11.5 Å². The quantitative estimate of drug-likeness (QED) is 0.627. The molecule has 0 spiro atoms. The van der Waals surface area contributed by atoms with Gasteiger partial charge in [0.05, 0.1) is 12.1 Å². The minimum absolute atomic E-state index is 0.145. The van der Waals surface area contributed by atoms with Crippen LogP contribution < -0.4 is 11.3 Å². The lowest BCUT2D eigenvalue weighted by molar-refractivity contribution is -0.0128. The third-order valence-electron chi connectivity index (χ3n) is 2.83. The number of hydrogen-bond acceptors (Lipinski definition) is 3. The maximum absolute atomic E-state index is 13.8. The van der Waals surface area contributed by atoms with Crippen molar-refractivity contribution >= 4 is 0 Å². The maximum Gasteiger partial charge on any atom is 0.128 e. The zero-order valence-corrected chi connectivity index (χ0v) is 10.8. The van der Waals surface area contributed by atoms with Gasteiger partial charge in [-0.3, -0.25) is 11.3 Å². The molecule has 1 aromatic carbocycles. The Bertz CT molecular complexity index is 363. The Morgan fingerprint density at radius 3 is 2.29 bits per heavy atom. The van der Waals surface area contributed by atoms with Gasteiger partial charge in [0.2, 0.25) is 0 Å². The molecule has 17 heavy (non-hydrogen) atoms. The van der Waals surface area contributed by atoms with Crippen LogP contribution in [0.2, 0.25) is 0 Å². The van der Waals surface area contributed by atoms with Gasteiger partial charge in [0.15, 0.2) is 0 Å². The molecule has 0 aliphatic carbocycles. The van der Waals surface area contributed by atoms with Crippen molar-refractivity contribution in [2.24, 2.45) is 11.3 Å². The van der Waals surface area contributed by atoms with Gasteiger partial charge in [-0.1, -0.05) is 39.0 Å². The van der Waals surface area contributed by atoms with Crippen LogP contribution >= 0.6 is 0 Å². The molecule has 3 nitrogen and oxygen atoms in total. The first-order valence-corrected chi connectivity index (χ1v) is 5.65. The first-order chi connectivity index (χ1) is 7.91. The van der Waals surface area contributed by atoms with Crippen molar-refractivity contribution in [3.8, 4) is 0 Å². The largest absolute Gasteiger partial charge is 0.379 e. The number of nitrogens with two attached hydrogens (primary N) is 1. The van der Waals surface area contributed by atoms with E-state index in [1.807, 2.05) is 20.8 Å². The molecule has 0 aliphatic rings. The Morgan fingerprint density at radius 2 is 1.88 bits per heavy atom. The Labute approximate surface area is 102 Å². The van der Waals surface area contributed by atoms with E-state index in [1.165, 1.54) is 6.07 Å². The first kappa shape index (κ1) is 14.1. The molecule has 0 saturated heterocycles. The third-order valence-corrected chi connectivity index (χ3v) is 2.83. The molecule has 0 amide bonds. The number of nitrogens with one attached hydrogen (secondary N) is 1. The average Bonchev–Trinajstić information content (AvgIpc) is 2.25. The highest BCUT2D eigenvalue weighted by atomic mass is 19.1. The van der Waals surface area contributed by atoms with Gasteiger partial charge in [-0.2, -0.15) is 0 Å². The van der Waals surface area contributed by atoms with Gasteiger partial charge in [0.25, 0.3) is 0 Å². The monoisotopic (exact) mass is 240 g/mol. The second kappa shape index (κ2) is 5.58. The third kappa shape index (κ3) is 3.25. The van der Waals surface area contributed by atoms with Crippen LogP contribution in [0.5, 0.6) is 0 Å². The summed E-state index contributed by atoms with van der Waals surface area (Å²) in [5.74, 6) is 5.27. The van der Waals surface area contributed by atoms with Crippen LogP contribution in [0.3, 0.4) is 0 Å². The minimum Gasteiger partial charge on any atom is -0.379 e. The number of halogens is 1. The molecule has 0 heterocycles. The number of ether oxygens (including phenoxy) is 1. The normalized spacial score (nSPS) is 15.6. The molecule has 0 saturated carbocycles. The minimum atomic E-state index is -0.374. The molecule has 4 heteroatoms. The van der Waals surface area contributed by atoms with Crippen LogP contribution in [-0.4, -0.2) is 13.2 Å². The van der Waals surface area contributed by atoms with E-state index in [1.54, 1.807) is 25.3 Å². The Kier molecular flexibility index (Phi) is 4.62. The summed E-state index contributed by atoms with van der Waals surface area (Å²) in [5.41, 5.74) is 3.03. The topological polar surface area (TPSA) is 47.3 Å². The molecular weight excluding hydrogens is 219 g/mol.